The van der Waals surface area contributed by atoms with E-state index in [1.165, 1.54) is 25.2 Å². The molecule has 0 bridgehead atoms. The lowest BCUT2D eigenvalue weighted by atomic mass is 9.84. The highest BCUT2D eigenvalue weighted by Gasteiger charge is 2.40. The summed E-state index contributed by atoms with van der Waals surface area (Å²) in [5.74, 6) is -1.48. The zero-order valence-corrected chi connectivity index (χ0v) is 18.2. The van der Waals surface area contributed by atoms with Crippen molar-refractivity contribution < 1.29 is 33.0 Å². The molecule has 2 atom stereocenters. The summed E-state index contributed by atoms with van der Waals surface area (Å²) in [6.07, 6.45) is 1.09. The lowest BCUT2D eigenvalue weighted by Gasteiger charge is -2.36. The van der Waals surface area contributed by atoms with E-state index in [-0.39, 0.29) is 44.0 Å². The van der Waals surface area contributed by atoms with Crippen LogP contribution >= 0.6 is 0 Å². The number of halogens is 1. The Labute approximate surface area is 185 Å². The fourth-order valence-corrected chi connectivity index (χ4v) is 4.29. The summed E-state index contributed by atoms with van der Waals surface area (Å²) in [4.78, 5) is 50.3. The molecule has 3 rings (SSSR count). The molecular formula is C22H28FN3O6. The topological polar surface area (TPSA) is 114 Å². The molecule has 0 aliphatic carbocycles. The fraction of sp³-hybridized carbons (Fsp3) is 0.545. The first-order valence-corrected chi connectivity index (χ1v) is 10.5. The first kappa shape index (κ1) is 23.5. The van der Waals surface area contributed by atoms with Crippen molar-refractivity contribution in [1.82, 2.24) is 15.5 Å². The van der Waals surface area contributed by atoms with E-state index in [1.807, 2.05) is 0 Å². The molecule has 9 nitrogen and oxygen atoms in total. The van der Waals surface area contributed by atoms with Crippen molar-refractivity contribution in [3.05, 3.63) is 29.6 Å². The van der Waals surface area contributed by atoms with E-state index in [0.29, 0.717) is 30.7 Å². The molecule has 1 aromatic carbocycles. The Morgan fingerprint density at radius 2 is 2.06 bits per heavy atom. The van der Waals surface area contributed by atoms with Crippen molar-refractivity contribution in [2.24, 2.45) is 0 Å². The molecule has 0 aromatic heterocycles. The average molecular weight is 449 g/mol. The third kappa shape index (κ3) is 5.35. The van der Waals surface area contributed by atoms with Crippen LogP contribution in [-0.2, 0) is 30.3 Å². The number of piperazine rings is 1. The Morgan fingerprint density at radius 3 is 2.69 bits per heavy atom. The molecule has 2 aliphatic rings. The number of benzene rings is 1. The number of ether oxygens (including phenoxy) is 2. The first-order valence-electron chi connectivity index (χ1n) is 10.5. The monoisotopic (exact) mass is 449 g/mol. The largest absolute Gasteiger partial charge is 0.497 e. The standard InChI is InChI=1S/C22H28FN3O6/c1-31-15-4-3-14(16(23)11-15)13-22(7-5-18(27)25-22)8-6-19(28)26-10-9-24-21(30)17(26)12-20(29)32-2/h3-4,11,17H,5-10,12-13H2,1-2H3,(H,24,30)(H,25,27)/t17-,22-/m0/s1. The molecular weight excluding hydrogens is 421 g/mol. The molecule has 0 radical (unpaired) electrons. The van der Waals surface area contributed by atoms with Gasteiger partial charge in [-0.3, -0.25) is 19.2 Å². The summed E-state index contributed by atoms with van der Waals surface area (Å²) < 4.78 is 24.2. The van der Waals surface area contributed by atoms with Gasteiger partial charge in [-0.15, -0.1) is 0 Å². The van der Waals surface area contributed by atoms with Gasteiger partial charge in [0.25, 0.3) is 0 Å². The van der Waals surface area contributed by atoms with Gasteiger partial charge in [0.15, 0.2) is 0 Å². The number of rotatable bonds is 8. The Kier molecular flexibility index (Phi) is 7.32. The number of carbonyl (C=O) groups is 4. The van der Waals surface area contributed by atoms with E-state index in [9.17, 15) is 23.6 Å². The highest BCUT2D eigenvalue weighted by atomic mass is 19.1. The second-order valence-corrected chi connectivity index (χ2v) is 8.14. The lowest BCUT2D eigenvalue weighted by molar-refractivity contribution is -0.150. The second-order valence-electron chi connectivity index (χ2n) is 8.14. The molecule has 32 heavy (non-hydrogen) atoms. The Morgan fingerprint density at radius 1 is 1.28 bits per heavy atom. The quantitative estimate of drug-likeness (QED) is 0.565. The van der Waals surface area contributed by atoms with Crippen LogP contribution in [0.5, 0.6) is 5.75 Å². The normalized spacial score (nSPS) is 22.8. The van der Waals surface area contributed by atoms with Gasteiger partial charge in [0.1, 0.15) is 17.6 Å². The van der Waals surface area contributed by atoms with Crippen LogP contribution in [0.1, 0.15) is 37.7 Å². The van der Waals surface area contributed by atoms with E-state index < -0.39 is 29.3 Å². The molecule has 3 amide bonds. The van der Waals surface area contributed by atoms with Crippen LogP contribution in [0.2, 0.25) is 0 Å². The molecule has 0 saturated carbocycles. The molecule has 2 N–H and O–H groups in total. The van der Waals surface area contributed by atoms with Crippen molar-refractivity contribution in [2.45, 2.75) is 50.1 Å². The molecule has 2 fully saturated rings. The number of carbonyl (C=O) groups excluding carboxylic acids is 4. The van der Waals surface area contributed by atoms with Gasteiger partial charge in [0.05, 0.1) is 20.6 Å². The van der Waals surface area contributed by atoms with E-state index in [4.69, 9.17) is 4.74 Å². The zero-order valence-electron chi connectivity index (χ0n) is 18.2. The average Bonchev–Trinajstić information content (AvgIpc) is 3.15. The van der Waals surface area contributed by atoms with Crippen LogP contribution in [0, 0.1) is 5.82 Å². The maximum Gasteiger partial charge on any atom is 0.308 e. The van der Waals surface area contributed by atoms with E-state index in [0.717, 1.165) is 0 Å². The Hall–Kier alpha value is -3.17. The van der Waals surface area contributed by atoms with Gasteiger partial charge in [-0.1, -0.05) is 6.07 Å². The predicted octanol–water partition coefficient (Wildman–Crippen LogP) is 0.696. The van der Waals surface area contributed by atoms with E-state index in [1.54, 1.807) is 12.1 Å². The lowest BCUT2D eigenvalue weighted by Crippen LogP contribution is -2.58. The Balaban J connectivity index is 1.72. The molecule has 0 spiro atoms. The highest BCUT2D eigenvalue weighted by Crippen LogP contribution is 2.32. The minimum absolute atomic E-state index is 0.0446. The summed E-state index contributed by atoms with van der Waals surface area (Å²) in [5, 5.41) is 5.59. The third-order valence-electron chi connectivity index (χ3n) is 6.08. The number of hydrogen-bond donors (Lipinski definition) is 2. The summed E-state index contributed by atoms with van der Waals surface area (Å²) in [6.45, 7) is 0.569. The molecule has 2 heterocycles. The van der Waals surface area contributed by atoms with Crippen molar-refractivity contribution >= 4 is 23.7 Å². The van der Waals surface area contributed by atoms with Crippen LogP contribution in [0.15, 0.2) is 18.2 Å². The number of amides is 3. The smallest absolute Gasteiger partial charge is 0.308 e. The van der Waals surface area contributed by atoms with Crippen LogP contribution in [0.25, 0.3) is 0 Å². The van der Waals surface area contributed by atoms with Gasteiger partial charge in [-0.05, 0) is 30.9 Å². The summed E-state index contributed by atoms with van der Waals surface area (Å²) in [6, 6.07) is 3.62. The van der Waals surface area contributed by atoms with Crippen molar-refractivity contribution in [3.63, 3.8) is 0 Å². The van der Waals surface area contributed by atoms with Gasteiger partial charge in [-0.2, -0.15) is 0 Å². The summed E-state index contributed by atoms with van der Waals surface area (Å²) in [7, 11) is 2.67. The minimum atomic E-state index is -0.933. The van der Waals surface area contributed by atoms with Crippen molar-refractivity contribution in [2.75, 3.05) is 27.3 Å². The van der Waals surface area contributed by atoms with E-state index in [2.05, 4.69) is 15.4 Å². The highest BCUT2D eigenvalue weighted by molar-refractivity contribution is 5.92. The second kappa shape index (κ2) is 9.97. The van der Waals surface area contributed by atoms with Gasteiger partial charge >= 0.3 is 5.97 Å². The number of esters is 1. The van der Waals surface area contributed by atoms with Crippen molar-refractivity contribution in [3.8, 4) is 5.75 Å². The number of methoxy groups -OCH3 is 2. The zero-order chi connectivity index (χ0) is 23.3. The number of nitrogens with zero attached hydrogens (tertiary/aromatic N) is 1. The maximum atomic E-state index is 14.5. The molecule has 2 aliphatic heterocycles. The van der Waals surface area contributed by atoms with Gasteiger partial charge in [-0.25, -0.2) is 4.39 Å². The van der Waals surface area contributed by atoms with Crippen molar-refractivity contribution in [1.29, 1.82) is 0 Å². The maximum absolute atomic E-state index is 14.5. The minimum Gasteiger partial charge on any atom is -0.497 e. The van der Waals surface area contributed by atoms with Crippen LogP contribution in [0.4, 0.5) is 4.39 Å². The molecule has 10 heteroatoms. The number of hydrogen-bond acceptors (Lipinski definition) is 6. The van der Waals surface area contributed by atoms with Crippen LogP contribution in [-0.4, -0.2) is 67.5 Å². The third-order valence-corrected chi connectivity index (χ3v) is 6.08. The Bertz CT molecular complexity index is 908. The summed E-state index contributed by atoms with van der Waals surface area (Å²) in [5.41, 5.74) is -0.348. The van der Waals surface area contributed by atoms with Gasteiger partial charge < -0.3 is 25.0 Å². The fourth-order valence-electron chi connectivity index (χ4n) is 4.29. The molecule has 1 aromatic rings. The summed E-state index contributed by atoms with van der Waals surface area (Å²) >= 11 is 0. The molecule has 174 valence electrons. The molecule has 0 unspecified atom stereocenters. The van der Waals surface area contributed by atoms with Gasteiger partial charge in [0, 0.05) is 37.5 Å². The SMILES string of the molecule is COC(=O)C[C@H]1C(=O)NCCN1C(=O)CC[C@]1(Cc2ccc(OC)cc2F)CCC(=O)N1. The van der Waals surface area contributed by atoms with E-state index >= 15 is 0 Å². The number of nitrogens with one attached hydrogen (secondary N) is 2. The molecule has 2 saturated heterocycles. The predicted molar refractivity (Wildman–Crippen MR) is 111 cm³/mol. The van der Waals surface area contributed by atoms with Crippen LogP contribution < -0.4 is 15.4 Å². The van der Waals surface area contributed by atoms with Crippen LogP contribution in [0.3, 0.4) is 0 Å². The first-order chi connectivity index (χ1) is 15.3. The van der Waals surface area contributed by atoms with Gasteiger partial charge in [0.2, 0.25) is 17.7 Å².